The van der Waals surface area contributed by atoms with Crippen molar-refractivity contribution in [1.82, 2.24) is 10.3 Å². The van der Waals surface area contributed by atoms with Crippen LogP contribution in [0.15, 0.2) is 78.9 Å². The van der Waals surface area contributed by atoms with Gasteiger partial charge in [-0.15, -0.1) is 0 Å². The minimum Gasteiger partial charge on any atom is -0.463 e. The predicted octanol–water partition coefficient (Wildman–Crippen LogP) is 5.66. The SMILES string of the molecule is COCCOC(=O)C(c1ccc(-c2ccccc2)cc1)C1CCC(C2NC(C(N)=O)Cc3c2[nH]c2ccccc32)CC1. The number of hydrogen-bond acceptors (Lipinski definition) is 5. The number of rotatable bonds is 9. The first-order valence-corrected chi connectivity index (χ1v) is 15.0. The summed E-state index contributed by atoms with van der Waals surface area (Å²) < 4.78 is 10.8. The monoisotopic (exact) mass is 565 g/mol. The van der Waals surface area contributed by atoms with Crippen molar-refractivity contribution in [2.45, 2.75) is 50.1 Å². The van der Waals surface area contributed by atoms with Crippen molar-refractivity contribution in [2.75, 3.05) is 20.3 Å². The summed E-state index contributed by atoms with van der Waals surface area (Å²) in [4.78, 5) is 29.5. The number of nitrogens with two attached hydrogens (primary N) is 1. The van der Waals surface area contributed by atoms with Crippen molar-refractivity contribution in [3.63, 3.8) is 0 Å². The highest BCUT2D eigenvalue weighted by atomic mass is 16.6. The number of nitrogens with one attached hydrogen (secondary N) is 2. The molecule has 42 heavy (non-hydrogen) atoms. The van der Waals surface area contributed by atoms with Gasteiger partial charge >= 0.3 is 5.97 Å². The molecule has 1 amide bonds. The molecular weight excluding hydrogens is 526 g/mol. The molecule has 218 valence electrons. The average molecular weight is 566 g/mol. The van der Waals surface area contributed by atoms with Crippen LogP contribution in [0.2, 0.25) is 0 Å². The largest absolute Gasteiger partial charge is 0.463 e. The lowest BCUT2D eigenvalue weighted by Crippen LogP contribution is -2.50. The molecule has 3 unspecified atom stereocenters. The molecule has 0 spiro atoms. The van der Waals surface area contributed by atoms with Crippen molar-refractivity contribution in [1.29, 1.82) is 0 Å². The molecule has 7 heteroatoms. The Morgan fingerprint density at radius 2 is 1.57 bits per heavy atom. The van der Waals surface area contributed by atoms with Crippen molar-refractivity contribution in [3.8, 4) is 11.1 Å². The second kappa shape index (κ2) is 12.5. The molecule has 1 saturated carbocycles. The first-order chi connectivity index (χ1) is 20.5. The van der Waals surface area contributed by atoms with Crippen LogP contribution in [0.1, 0.15) is 54.5 Å². The molecule has 0 bridgehead atoms. The minimum atomic E-state index is -0.397. The highest BCUT2D eigenvalue weighted by Gasteiger charge is 2.40. The van der Waals surface area contributed by atoms with E-state index >= 15 is 0 Å². The van der Waals surface area contributed by atoms with E-state index in [2.05, 4.69) is 58.8 Å². The molecule has 7 nitrogen and oxygen atoms in total. The van der Waals surface area contributed by atoms with Gasteiger partial charge < -0.3 is 20.2 Å². The fourth-order valence-electron chi connectivity index (χ4n) is 7.07. The maximum atomic E-state index is 13.5. The first kappa shape index (κ1) is 28.2. The van der Waals surface area contributed by atoms with Crippen LogP contribution in [0.25, 0.3) is 22.0 Å². The van der Waals surface area contributed by atoms with Gasteiger partial charge in [0, 0.05) is 23.7 Å². The van der Waals surface area contributed by atoms with Gasteiger partial charge in [-0.05, 0) is 72.3 Å². The molecule has 4 N–H and O–H groups in total. The van der Waals surface area contributed by atoms with Crippen LogP contribution in [-0.4, -0.2) is 43.2 Å². The summed E-state index contributed by atoms with van der Waals surface area (Å²) in [6.07, 6.45) is 4.25. The van der Waals surface area contributed by atoms with E-state index < -0.39 is 6.04 Å². The molecule has 1 aliphatic heterocycles. The number of aromatic amines is 1. The summed E-state index contributed by atoms with van der Waals surface area (Å²) in [5, 5.41) is 4.75. The fraction of sp³-hybridized carbons (Fsp3) is 0.371. The second-order valence-corrected chi connectivity index (χ2v) is 11.7. The highest BCUT2D eigenvalue weighted by molar-refractivity contribution is 5.88. The maximum Gasteiger partial charge on any atom is 0.313 e. The van der Waals surface area contributed by atoms with Gasteiger partial charge in [0.1, 0.15) is 6.61 Å². The number of amides is 1. The third kappa shape index (κ3) is 5.72. The number of hydrogen-bond donors (Lipinski definition) is 3. The summed E-state index contributed by atoms with van der Waals surface area (Å²) in [5.41, 5.74) is 12.5. The number of benzene rings is 3. The zero-order chi connectivity index (χ0) is 29.1. The van der Waals surface area contributed by atoms with E-state index in [0.29, 0.717) is 18.9 Å². The van der Waals surface area contributed by atoms with Crippen LogP contribution in [0, 0.1) is 11.8 Å². The van der Waals surface area contributed by atoms with Crippen molar-refractivity contribution in [2.24, 2.45) is 17.6 Å². The molecule has 1 aromatic heterocycles. The van der Waals surface area contributed by atoms with Gasteiger partial charge in [-0.25, -0.2) is 0 Å². The molecule has 4 aromatic rings. The summed E-state index contributed by atoms with van der Waals surface area (Å²) in [6.45, 7) is 0.617. The standard InChI is InChI=1S/C35H39N3O4/c1-41-19-20-42-35(40)31(24-13-11-23(12-14-24)22-7-3-2-4-8-22)25-15-17-26(18-16-25)32-33-28(21-30(38-32)34(36)39)27-9-5-6-10-29(27)37-33/h2-14,25-26,30-32,37-38H,15-21H2,1H3,(H2,36,39). The van der Waals surface area contributed by atoms with Gasteiger partial charge in [-0.2, -0.15) is 0 Å². The van der Waals surface area contributed by atoms with E-state index in [-0.39, 0.29) is 36.4 Å². The molecule has 2 aliphatic rings. The lowest BCUT2D eigenvalue weighted by atomic mass is 9.70. The Bertz CT molecular complexity index is 1520. The maximum absolute atomic E-state index is 13.5. The molecule has 6 rings (SSSR count). The van der Waals surface area contributed by atoms with Crippen LogP contribution < -0.4 is 11.1 Å². The Morgan fingerprint density at radius 1 is 0.881 bits per heavy atom. The lowest BCUT2D eigenvalue weighted by Gasteiger charge is -2.40. The normalized spacial score (nSPS) is 22.8. The number of para-hydroxylation sites is 1. The van der Waals surface area contributed by atoms with Crippen LogP contribution in [0.4, 0.5) is 0 Å². The Balaban J connectivity index is 1.22. The molecule has 3 atom stereocenters. The van der Waals surface area contributed by atoms with E-state index in [4.69, 9.17) is 15.2 Å². The number of esters is 1. The molecule has 0 saturated heterocycles. The molecule has 2 heterocycles. The fourth-order valence-corrected chi connectivity index (χ4v) is 7.07. The van der Waals surface area contributed by atoms with Gasteiger partial charge in [-0.3, -0.25) is 14.9 Å². The van der Waals surface area contributed by atoms with Crippen LogP contribution in [0.3, 0.4) is 0 Å². The summed E-state index contributed by atoms with van der Waals surface area (Å²) in [5.74, 6) is -0.362. The average Bonchev–Trinajstić information content (AvgIpc) is 3.41. The first-order valence-electron chi connectivity index (χ1n) is 15.0. The summed E-state index contributed by atoms with van der Waals surface area (Å²) in [7, 11) is 1.61. The van der Waals surface area contributed by atoms with Crippen molar-refractivity contribution < 1.29 is 19.1 Å². The lowest BCUT2D eigenvalue weighted by molar-refractivity contribution is -0.148. The topological polar surface area (TPSA) is 106 Å². The molecule has 1 fully saturated rings. The van der Waals surface area contributed by atoms with Gasteiger partial charge in [0.15, 0.2) is 0 Å². The quantitative estimate of drug-likeness (QED) is 0.180. The molecule has 1 aliphatic carbocycles. The van der Waals surface area contributed by atoms with Crippen molar-refractivity contribution >= 4 is 22.8 Å². The molecule has 0 radical (unpaired) electrons. The third-order valence-electron chi connectivity index (χ3n) is 9.21. The summed E-state index contributed by atoms with van der Waals surface area (Å²) in [6, 6.07) is 26.5. The Labute approximate surface area is 246 Å². The van der Waals surface area contributed by atoms with E-state index in [1.165, 1.54) is 11.3 Å². The van der Waals surface area contributed by atoms with Gasteiger partial charge in [0.05, 0.1) is 24.6 Å². The Morgan fingerprint density at radius 3 is 2.29 bits per heavy atom. The van der Waals surface area contributed by atoms with E-state index in [1.807, 2.05) is 30.3 Å². The zero-order valence-electron chi connectivity index (χ0n) is 24.1. The number of methoxy groups -OCH3 is 1. The van der Waals surface area contributed by atoms with Gasteiger partial charge in [0.25, 0.3) is 0 Å². The van der Waals surface area contributed by atoms with Crippen molar-refractivity contribution in [3.05, 3.63) is 95.7 Å². The second-order valence-electron chi connectivity index (χ2n) is 11.7. The third-order valence-corrected chi connectivity index (χ3v) is 9.21. The zero-order valence-corrected chi connectivity index (χ0v) is 24.1. The van der Waals surface area contributed by atoms with Gasteiger partial charge in [0.2, 0.25) is 5.91 Å². The number of carbonyl (C=O) groups excluding carboxylic acids is 2. The number of ether oxygens (including phenoxy) is 2. The van der Waals surface area contributed by atoms with E-state index in [0.717, 1.165) is 53.3 Å². The van der Waals surface area contributed by atoms with E-state index in [9.17, 15) is 9.59 Å². The number of carbonyl (C=O) groups is 2. The van der Waals surface area contributed by atoms with Crippen LogP contribution in [0.5, 0.6) is 0 Å². The molecule has 3 aromatic carbocycles. The Hall–Kier alpha value is -3.94. The smallest absolute Gasteiger partial charge is 0.313 e. The predicted molar refractivity (Wildman–Crippen MR) is 164 cm³/mol. The summed E-state index contributed by atoms with van der Waals surface area (Å²) >= 11 is 0. The van der Waals surface area contributed by atoms with Crippen LogP contribution in [-0.2, 0) is 25.5 Å². The number of fused-ring (bicyclic) bond motifs is 3. The Kier molecular flexibility index (Phi) is 8.40. The van der Waals surface area contributed by atoms with E-state index in [1.54, 1.807) is 7.11 Å². The number of H-pyrrole nitrogens is 1. The van der Waals surface area contributed by atoms with Crippen LogP contribution >= 0.6 is 0 Å². The molecular formula is C35H39N3O4. The van der Waals surface area contributed by atoms with Gasteiger partial charge in [-0.1, -0.05) is 72.8 Å². The minimum absolute atomic E-state index is 0.0110. The number of primary amides is 1. The number of aromatic nitrogens is 1. The highest BCUT2D eigenvalue weighted by Crippen LogP contribution is 2.45.